The molecular weight excluding hydrogens is 446 g/mol. The van der Waals surface area contributed by atoms with Gasteiger partial charge in [0.05, 0.1) is 15.7 Å². The van der Waals surface area contributed by atoms with Gasteiger partial charge in [0.1, 0.15) is 11.2 Å². The summed E-state index contributed by atoms with van der Waals surface area (Å²) in [6.45, 7) is 0. The molecule has 3 aromatic heterocycles. The van der Waals surface area contributed by atoms with Crippen molar-refractivity contribution < 1.29 is 4.42 Å². The van der Waals surface area contributed by atoms with Gasteiger partial charge in [-0.3, -0.25) is 0 Å². The van der Waals surface area contributed by atoms with Crippen LogP contribution in [0.1, 0.15) is 0 Å². The van der Waals surface area contributed by atoms with E-state index >= 15 is 0 Å². The van der Waals surface area contributed by atoms with Gasteiger partial charge in [0.25, 0.3) is 0 Å². The van der Waals surface area contributed by atoms with Crippen molar-refractivity contribution in [3.8, 4) is 16.8 Å². The van der Waals surface area contributed by atoms with Crippen molar-refractivity contribution in [3.05, 3.63) is 115 Å². The first-order chi connectivity index (χ1) is 17.3. The van der Waals surface area contributed by atoms with Crippen LogP contribution >= 0.6 is 11.3 Å². The third-order valence-electron chi connectivity index (χ3n) is 7.00. The summed E-state index contributed by atoms with van der Waals surface area (Å²) in [6, 6.07) is 41.1. The van der Waals surface area contributed by atoms with Crippen LogP contribution in [0.4, 0.5) is 0 Å². The maximum Gasteiger partial charge on any atom is 0.135 e. The number of thiophene rings is 1. The van der Waals surface area contributed by atoms with E-state index < -0.39 is 0 Å². The molecule has 0 unspecified atom stereocenters. The second-order valence-electron chi connectivity index (χ2n) is 8.99. The molecule has 0 N–H and O–H groups in total. The standard InChI is InChI=1S/C32H19NOS/c1-2-8-22(9-3-1)33-27-12-6-4-11-24(27)32-31(33)26-19-21(15-17-30(26)35-32)20-14-16-29-25(18-20)23-10-5-7-13-28(23)34-29/h1-19H. The van der Waals surface area contributed by atoms with Crippen LogP contribution < -0.4 is 0 Å². The second kappa shape index (κ2) is 7.08. The third-order valence-corrected chi connectivity index (χ3v) is 8.19. The molecule has 35 heavy (non-hydrogen) atoms. The number of nitrogens with zero attached hydrogens (tertiary/aromatic N) is 1. The van der Waals surface area contributed by atoms with Crippen LogP contribution in [0.25, 0.3) is 70.0 Å². The Labute approximate surface area is 205 Å². The van der Waals surface area contributed by atoms with Crippen molar-refractivity contribution in [1.82, 2.24) is 4.57 Å². The van der Waals surface area contributed by atoms with Gasteiger partial charge >= 0.3 is 0 Å². The van der Waals surface area contributed by atoms with E-state index in [1.165, 1.54) is 48.0 Å². The fourth-order valence-electron chi connectivity index (χ4n) is 5.40. The first-order valence-corrected chi connectivity index (χ1v) is 12.6. The lowest BCUT2D eigenvalue weighted by atomic mass is 10.0. The number of aromatic nitrogens is 1. The van der Waals surface area contributed by atoms with Crippen LogP contribution in [0.2, 0.25) is 0 Å². The van der Waals surface area contributed by atoms with E-state index in [0.717, 1.165) is 21.9 Å². The number of benzene rings is 5. The fourth-order valence-corrected chi connectivity index (χ4v) is 6.60. The maximum atomic E-state index is 6.06. The second-order valence-corrected chi connectivity index (χ2v) is 10.0. The Hall–Kier alpha value is -4.34. The highest BCUT2D eigenvalue weighted by atomic mass is 32.1. The normalized spacial score (nSPS) is 12.0. The molecule has 8 rings (SSSR count). The summed E-state index contributed by atoms with van der Waals surface area (Å²) in [7, 11) is 0. The Morgan fingerprint density at radius 3 is 2.11 bits per heavy atom. The minimum Gasteiger partial charge on any atom is -0.456 e. The van der Waals surface area contributed by atoms with Crippen molar-refractivity contribution in [1.29, 1.82) is 0 Å². The van der Waals surface area contributed by atoms with Crippen LogP contribution in [0, 0.1) is 0 Å². The van der Waals surface area contributed by atoms with Crippen molar-refractivity contribution in [2.24, 2.45) is 0 Å². The van der Waals surface area contributed by atoms with Gasteiger partial charge in [0.15, 0.2) is 0 Å². The van der Waals surface area contributed by atoms with Gasteiger partial charge in [-0.05, 0) is 59.7 Å². The Morgan fingerprint density at radius 1 is 0.543 bits per heavy atom. The number of hydrogen-bond acceptors (Lipinski definition) is 2. The first-order valence-electron chi connectivity index (χ1n) is 11.8. The lowest BCUT2D eigenvalue weighted by molar-refractivity contribution is 0.669. The summed E-state index contributed by atoms with van der Waals surface area (Å²) in [6.07, 6.45) is 0. The Morgan fingerprint density at radius 2 is 1.23 bits per heavy atom. The Bertz CT molecular complexity index is 2060. The predicted octanol–water partition coefficient (Wildman–Crippen LogP) is 9.56. The first kappa shape index (κ1) is 19.0. The number of rotatable bonds is 2. The van der Waals surface area contributed by atoms with E-state index in [0.29, 0.717) is 0 Å². The van der Waals surface area contributed by atoms with E-state index in [2.05, 4.69) is 108 Å². The number of fused-ring (bicyclic) bond motifs is 8. The van der Waals surface area contributed by atoms with Crippen LogP contribution in [0.15, 0.2) is 120 Å². The highest BCUT2D eigenvalue weighted by molar-refractivity contribution is 7.26. The zero-order valence-electron chi connectivity index (χ0n) is 18.7. The molecule has 0 radical (unpaired) electrons. The van der Waals surface area contributed by atoms with Gasteiger partial charge in [0, 0.05) is 31.9 Å². The molecule has 0 spiro atoms. The summed E-state index contributed by atoms with van der Waals surface area (Å²) < 4.78 is 11.1. The molecular formula is C32H19NOS. The lowest BCUT2D eigenvalue weighted by Crippen LogP contribution is -1.92. The van der Waals surface area contributed by atoms with E-state index in [-0.39, 0.29) is 0 Å². The van der Waals surface area contributed by atoms with Gasteiger partial charge in [-0.1, -0.05) is 66.7 Å². The molecule has 164 valence electrons. The van der Waals surface area contributed by atoms with E-state index in [1.807, 2.05) is 23.5 Å². The Kier molecular flexibility index (Phi) is 3.85. The maximum absolute atomic E-state index is 6.06. The highest BCUT2D eigenvalue weighted by Crippen LogP contribution is 2.43. The molecule has 0 saturated carbocycles. The van der Waals surface area contributed by atoms with Gasteiger partial charge in [-0.15, -0.1) is 11.3 Å². The molecule has 0 aliphatic heterocycles. The molecule has 5 aromatic carbocycles. The lowest BCUT2D eigenvalue weighted by Gasteiger charge is -2.08. The average molecular weight is 466 g/mol. The van der Waals surface area contributed by atoms with Crippen molar-refractivity contribution in [2.45, 2.75) is 0 Å². The molecule has 0 saturated heterocycles. The molecule has 0 atom stereocenters. The van der Waals surface area contributed by atoms with Gasteiger partial charge in [0.2, 0.25) is 0 Å². The molecule has 0 bridgehead atoms. The van der Waals surface area contributed by atoms with Crippen LogP contribution in [-0.4, -0.2) is 4.57 Å². The van der Waals surface area contributed by atoms with Gasteiger partial charge < -0.3 is 8.98 Å². The highest BCUT2D eigenvalue weighted by Gasteiger charge is 2.18. The summed E-state index contributed by atoms with van der Waals surface area (Å²) in [5.41, 5.74) is 8.00. The SMILES string of the molecule is c1ccc(-n2c3ccccc3c3sc4ccc(-c5ccc6oc7ccccc7c6c5)cc4c32)cc1. The monoisotopic (exact) mass is 465 g/mol. The number of para-hydroxylation sites is 3. The van der Waals surface area contributed by atoms with Crippen molar-refractivity contribution in [3.63, 3.8) is 0 Å². The average Bonchev–Trinajstić information content (AvgIpc) is 3.57. The van der Waals surface area contributed by atoms with E-state index in [1.54, 1.807) is 0 Å². The molecule has 3 heterocycles. The smallest absolute Gasteiger partial charge is 0.135 e. The minimum atomic E-state index is 0.929. The third kappa shape index (κ3) is 2.70. The van der Waals surface area contributed by atoms with Crippen LogP contribution in [-0.2, 0) is 0 Å². The molecule has 0 aliphatic carbocycles. The predicted molar refractivity (Wildman–Crippen MR) is 149 cm³/mol. The Balaban J connectivity index is 1.42. The van der Waals surface area contributed by atoms with Crippen LogP contribution in [0.3, 0.4) is 0 Å². The summed E-state index contributed by atoms with van der Waals surface area (Å²) in [5.74, 6) is 0. The summed E-state index contributed by atoms with van der Waals surface area (Å²) in [5, 5.41) is 4.92. The molecule has 8 aromatic rings. The fraction of sp³-hybridized carbons (Fsp3) is 0. The minimum absolute atomic E-state index is 0.929. The van der Waals surface area contributed by atoms with E-state index in [9.17, 15) is 0 Å². The van der Waals surface area contributed by atoms with E-state index in [4.69, 9.17) is 4.42 Å². The zero-order chi connectivity index (χ0) is 22.9. The molecule has 2 nitrogen and oxygen atoms in total. The summed E-state index contributed by atoms with van der Waals surface area (Å²) in [4.78, 5) is 0. The molecule has 0 aliphatic rings. The van der Waals surface area contributed by atoms with Gasteiger partial charge in [-0.25, -0.2) is 0 Å². The molecule has 0 fully saturated rings. The summed E-state index contributed by atoms with van der Waals surface area (Å²) >= 11 is 1.88. The number of hydrogen-bond donors (Lipinski definition) is 0. The number of furan rings is 1. The quantitative estimate of drug-likeness (QED) is 0.248. The molecule has 3 heteroatoms. The largest absolute Gasteiger partial charge is 0.456 e. The van der Waals surface area contributed by atoms with Crippen molar-refractivity contribution in [2.75, 3.05) is 0 Å². The topological polar surface area (TPSA) is 18.1 Å². The van der Waals surface area contributed by atoms with Crippen molar-refractivity contribution >= 4 is 64.5 Å². The van der Waals surface area contributed by atoms with Crippen LogP contribution in [0.5, 0.6) is 0 Å². The molecule has 0 amide bonds. The van der Waals surface area contributed by atoms with Gasteiger partial charge in [-0.2, -0.15) is 0 Å². The zero-order valence-corrected chi connectivity index (χ0v) is 19.5.